The Bertz CT molecular complexity index is 2400. The van der Waals surface area contributed by atoms with Crippen LogP contribution in [0.4, 0.5) is 0 Å². The third-order valence-corrected chi connectivity index (χ3v) is 11.7. The van der Waals surface area contributed by atoms with Crippen LogP contribution < -0.4 is 10.3 Å². The second-order valence-corrected chi connectivity index (χ2v) is 15.7. The van der Waals surface area contributed by atoms with E-state index in [9.17, 15) is 33.3 Å². The van der Waals surface area contributed by atoms with E-state index in [1.807, 2.05) is 44.2 Å². The molecule has 0 spiro atoms. The maximum Gasteiger partial charge on any atom is 0.275 e. The van der Waals surface area contributed by atoms with Crippen LogP contribution in [-0.2, 0) is 14.8 Å². The summed E-state index contributed by atoms with van der Waals surface area (Å²) < 4.78 is 25.8. The van der Waals surface area contributed by atoms with Crippen LogP contribution in [0.3, 0.4) is 0 Å². The second kappa shape index (κ2) is 12.9. The molecule has 7 rings (SSSR count). The Hall–Kier alpha value is -5.75. The summed E-state index contributed by atoms with van der Waals surface area (Å²) in [6.45, 7) is 4.08. The van der Waals surface area contributed by atoms with Crippen molar-refractivity contribution in [3.05, 3.63) is 102 Å². The van der Waals surface area contributed by atoms with Gasteiger partial charge in [0.2, 0.25) is 10.0 Å². The molecule has 2 aliphatic rings. The molecule has 0 radical (unpaired) electrons. The molecule has 0 aliphatic heterocycles. The molecule has 2 bridgehead atoms. The fourth-order valence-electron chi connectivity index (χ4n) is 7.85. The van der Waals surface area contributed by atoms with Crippen LogP contribution in [0.1, 0.15) is 48.2 Å². The SMILES string of the molecule is CC1(C)C2CC(=O)[C@@H]1C(CS(=O)(=O)N/N=C/c1c(O)ccc3cc(-c4ccc(C(=O)N/N=C/c5cc6ccccc6cc5O)c(O)c4)ccc13)C2. The number of aromatic hydroxyl groups is 3. The van der Waals surface area contributed by atoms with Crippen LogP contribution in [0.2, 0.25) is 0 Å². The van der Waals surface area contributed by atoms with E-state index in [1.54, 1.807) is 36.4 Å². The Labute approximate surface area is 294 Å². The molecule has 0 saturated heterocycles. The Morgan fingerprint density at radius 3 is 2.29 bits per heavy atom. The van der Waals surface area contributed by atoms with Gasteiger partial charge in [-0.25, -0.2) is 18.7 Å². The van der Waals surface area contributed by atoms with Gasteiger partial charge in [0.25, 0.3) is 5.91 Å². The predicted molar refractivity (Wildman–Crippen MR) is 196 cm³/mol. The quantitative estimate of drug-likeness (QED) is 0.0917. The van der Waals surface area contributed by atoms with E-state index in [4.69, 9.17) is 0 Å². The monoisotopic (exact) mass is 704 g/mol. The lowest BCUT2D eigenvalue weighted by atomic mass is 9.80. The first kappa shape index (κ1) is 33.7. The Morgan fingerprint density at radius 2 is 1.57 bits per heavy atom. The van der Waals surface area contributed by atoms with E-state index in [0.717, 1.165) is 10.8 Å². The van der Waals surface area contributed by atoms with Gasteiger partial charge in [0.15, 0.2) is 0 Å². The van der Waals surface area contributed by atoms with E-state index >= 15 is 0 Å². The number of hydrazone groups is 2. The Balaban J connectivity index is 1.03. The zero-order chi connectivity index (χ0) is 36.1. The van der Waals surface area contributed by atoms with E-state index in [0.29, 0.717) is 45.9 Å². The number of rotatable bonds is 9. The first-order valence-corrected chi connectivity index (χ1v) is 18.2. The number of nitrogens with one attached hydrogen (secondary N) is 2. The summed E-state index contributed by atoms with van der Waals surface area (Å²) in [6.07, 6.45) is 3.80. The number of phenolic OH excluding ortho intramolecular Hbond substituents is 3. The van der Waals surface area contributed by atoms with Gasteiger partial charge < -0.3 is 15.3 Å². The van der Waals surface area contributed by atoms with Crippen LogP contribution in [0.5, 0.6) is 17.2 Å². The number of nitrogens with zero attached hydrogens (tertiary/aromatic N) is 2. The van der Waals surface area contributed by atoms with Crippen LogP contribution in [-0.4, -0.2) is 53.6 Å². The molecule has 0 heterocycles. The van der Waals surface area contributed by atoms with Gasteiger partial charge in [-0.3, -0.25) is 9.59 Å². The van der Waals surface area contributed by atoms with Crippen LogP contribution in [0.25, 0.3) is 32.7 Å². The second-order valence-electron chi connectivity index (χ2n) is 13.9. The molecule has 51 heavy (non-hydrogen) atoms. The summed E-state index contributed by atoms with van der Waals surface area (Å²) >= 11 is 0. The van der Waals surface area contributed by atoms with Crippen molar-refractivity contribution >= 4 is 55.7 Å². The number of fused-ring (bicyclic) bond motifs is 4. The molecule has 2 saturated carbocycles. The van der Waals surface area contributed by atoms with Gasteiger partial charge in [-0.05, 0) is 92.7 Å². The number of ketones is 1. The summed E-state index contributed by atoms with van der Waals surface area (Å²) in [4.78, 5) is 27.5. The predicted octanol–water partition coefficient (Wildman–Crippen LogP) is 6.05. The van der Waals surface area contributed by atoms with Crippen molar-refractivity contribution in [1.82, 2.24) is 10.3 Å². The molecule has 5 aromatic carbocycles. The van der Waals surface area contributed by atoms with Crippen molar-refractivity contribution in [2.45, 2.75) is 26.7 Å². The molecule has 12 heteroatoms. The average molecular weight is 705 g/mol. The lowest BCUT2D eigenvalue weighted by molar-refractivity contribution is -0.123. The number of sulfonamides is 1. The standard InChI is InChI=1S/C39H36N4O7S/c1-39(2)29-15-28(37(39)36(47)18-29)21-51(49,50)43-41-20-32-30-10-7-24(13-26(30)9-12-33(32)44)25-8-11-31(35(46)17-25)38(48)42-40-19-27-14-22-5-3-4-6-23(22)16-34(27)45/h3-14,16-17,19-20,28-29,37,43-46H,15,18,21H2,1-2H3,(H,42,48)/b40-19+,41-20+/t28?,29?,37-/m0/s1. The highest BCUT2D eigenvalue weighted by atomic mass is 32.2. The fourth-order valence-corrected chi connectivity index (χ4v) is 9.03. The summed E-state index contributed by atoms with van der Waals surface area (Å²) in [5.74, 6) is -1.37. The smallest absolute Gasteiger partial charge is 0.275 e. The number of hydrogen-bond donors (Lipinski definition) is 5. The number of hydrogen-bond acceptors (Lipinski definition) is 9. The molecule has 3 atom stereocenters. The number of phenols is 3. The number of carbonyl (C=O) groups is 2. The van der Waals surface area contributed by atoms with E-state index < -0.39 is 15.9 Å². The summed E-state index contributed by atoms with van der Waals surface area (Å²) in [7, 11) is -3.83. The maximum atomic E-state index is 12.9. The van der Waals surface area contributed by atoms with Crippen LogP contribution >= 0.6 is 0 Å². The minimum Gasteiger partial charge on any atom is -0.507 e. The van der Waals surface area contributed by atoms with Gasteiger partial charge in [0.05, 0.1) is 23.7 Å². The molecule has 2 unspecified atom stereocenters. The summed E-state index contributed by atoms with van der Waals surface area (Å²) in [6, 6.07) is 24.0. The molecule has 2 aliphatic carbocycles. The van der Waals surface area contributed by atoms with Crippen molar-refractivity contribution in [3.8, 4) is 28.4 Å². The molecule has 5 N–H and O–H groups in total. The van der Waals surface area contributed by atoms with E-state index in [-0.39, 0.29) is 57.5 Å². The van der Waals surface area contributed by atoms with Gasteiger partial charge in [-0.15, -0.1) is 0 Å². The zero-order valence-corrected chi connectivity index (χ0v) is 28.7. The fraction of sp³-hybridized carbons (Fsp3) is 0.231. The summed E-state index contributed by atoms with van der Waals surface area (Å²) in [5, 5.41) is 42.7. The third kappa shape index (κ3) is 6.50. The highest BCUT2D eigenvalue weighted by Crippen LogP contribution is 2.58. The highest BCUT2D eigenvalue weighted by molar-refractivity contribution is 7.89. The van der Waals surface area contributed by atoms with Crippen molar-refractivity contribution in [2.75, 3.05) is 5.75 Å². The topological polar surface area (TPSA) is 178 Å². The number of Topliss-reactive ketones (excluding diaryl/α,β-unsaturated/α-hetero) is 1. The normalized spacial score (nSPS) is 19.8. The maximum absolute atomic E-state index is 12.9. The molecule has 1 amide bonds. The number of carbonyl (C=O) groups excluding carboxylic acids is 2. The third-order valence-electron chi connectivity index (χ3n) is 10.4. The molecular formula is C39H36N4O7S. The van der Waals surface area contributed by atoms with E-state index in [2.05, 4.69) is 20.5 Å². The Kier molecular flexibility index (Phi) is 8.50. The molecular weight excluding hydrogens is 669 g/mol. The molecule has 11 nitrogen and oxygen atoms in total. The summed E-state index contributed by atoms with van der Waals surface area (Å²) in [5.41, 5.74) is 4.24. The van der Waals surface area contributed by atoms with Crippen LogP contribution in [0.15, 0.2) is 95.1 Å². The minimum absolute atomic E-state index is 0.000965. The lowest BCUT2D eigenvalue weighted by Gasteiger charge is -2.25. The van der Waals surface area contributed by atoms with Crippen molar-refractivity contribution < 1.29 is 33.3 Å². The molecule has 260 valence electrons. The Morgan fingerprint density at radius 1 is 0.843 bits per heavy atom. The van der Waals surface area contributed by atoms with Gasteiger partial charge >= 0.3 is 0 Å². The average Bonchev–Trinajstić information content (AvgIpc) is 3.45. The van der Waals surface area contributed by atoms with Gasteiger partial charge in [-0.1, -0.05) is 62.4 Å². The van der Waals surface area contributed by atoms with Crippen molar-refractivity contribution in [3.63, 3.8) is 0 Å². The van der Waals surface area contributed by atoms with Gasteiger partial charge in [0, 0.05) is 23.5 Å². The number of amides is 1. The highest BCUT2D eigenvalue weighted by Gasteiger charge is 2.58. The van der Waals surface area contributed by atoms with E-state index in [1.165, 1.54) is 30.6 Å². The molecule has 2 fully saturated rings. The molecule has 0 aromatic heterocycles. The first-order valence-electron chi connectivity index (χ1n) is 16.5. The first-order chi connectivity index (χ1) is 24.3. The van der Waals surface area contributed by atoms with Gasteiger partial charge in [-0.2, -0.15) is 10.2 Å². The minimum atomic E-state index is -3.83. The van der Waals surface area contributed by atoms with Crippen molar-refractivity contribution in [1.29, 1.82) is 0 Å². The molecule has 5 aromatic rings. The largest absolute Gasteiger partial charge is 0.507 e. The lowest BCUT2D eigenvalue weighted by Crippen LogP contribution is -2.33. The van der Waals surface area contributed by atoms with Crippen LogP contribution in [0, 0.1) is 23.2 Å². The van der Waals surface area contributed by atoms with Gasteiger partial charge in [0.1, 0.15) is 23.0 Å². The number of benzene rings is 5. The van der Waals surface area contributed by atoms with Crippen molar-refractivity contribution in [2.24, 2.45) is 33.4 Å². The zero-order valence-electron chi connectivity index (χ0n) is 27.9.